The number of unbranched alkanes of at least 4 members (excludes halogenated alkanes) is 1. The van der Waals surface area contributed by atoms with Crippen molar-refractivity contribution in [1.29, 1.82) is 0 Å². The average Bonchev–Trinajstić information content (AvgIpc) is 2.23. The summed E-state index contributed by atoms with van der Waals surface area (Å²) in [6.07, 6.45) is 1.59. The van der Waals surface area contributed by atoms with E-state index in [1.165, 1.54) is 13.8 Å². The topological polar surface area (TPSA) is 84.5 Å². The number of hydrogen-bond acceptors (Lipinski definition) is 4. The highest BCUT2D eigenvalue weighted by Gasteiger charge is 2.16. The third-order valence-electron chi connectivity index (χ3n) is 2.46. The molecule has 2 N–H and O–H groups in total. The summed E-state index contributed by atoms with van der Waals surface area (Å²) < 4.78 is 5.10. The average molecular weight is 286 g/mol. The lowest BCUT2D eigenvalue weighted by Gasteiger charge is -2.19. The van der Waals surface area contributed by atoms with E-state index in [-0.39, 0.29) is 11.7 Å². The smallest absolute Gasteiger partial charge is 0.407 e. The number of nitrogens with one attached hydrogen (secondary N) is 2. The van der Waals surface area contributed by atoms with Crippen LogP contribution in [0.5, 0.6) is 0 Å². The van der Waals surface area contributed by atoms with Gasteiger partial charge in [-0.05, 0) is 47.0 Å². The van der Waals surface area contributed by atoms with Gasteiger partial charge in [0, 0.05) is 13.5 Å². The Hall–Kier alpha value is -1.59. The van der Waals surface area contributed by atoms with Crippen molar-refractivity contribution >= 4 is 17.8 Å². The summed E-state index contributed by atoms with van der Waals surface area (Å²) in [7, 11) is 0. The van der Waals surface area contributed by atoms with E-state index in [1.807, 2.05) is 0 Å². The van der Waals surface area contributed by atoms with E-state index in [1.54, 1.807) is 20.8 Å². The molecule has 0 spiro atoms. The van der Waals surface area contributed by atoms with Crippen LogP contribution in [0, 0.1) is 0 Å². The molecule has 0 heterocycles. The molecule has 0 unspecified atom stereocenters. The van der Waals surface area contributed by atoms with Crippen molar-refractivity contribution in [1.82, 2.24) is 10.6 Å². The number of alkyl carbamates (subject to hydrolysis) is 1. The number of ketones is 1. The number of Topliss-reactive ketones (excluding diaryl/α,β-unsaturated/α-hetero) is 1. The molecule has 6 heteroatoms. The van der Waals surface area contributed by atoms with Crippen LogP contribution < -0.4 is 10.6 Å². The molecule has 6 nitrogen and oxygen atoms in total. The number of carbonyl (C=O) groups excluding carboxylic acids is 3. The molecule has 2 amide bonds. The number of rotatable bonds is 7. The van der Waals surface area contributed by atoms with Crippen LogP contribution in [-0.4, -0.2) is 36.0 Å². The van der Waals surface area contributed by atoms with Gasteiger partial charge in [-0.1, -0.05) is 0 Å². The second-order valence-corrected chi connectivity index (χ2v) is 5.79. The molecule has 0 saturated heterocycles. The van der Waals surface area contributed by atoms with Crippen LogP contribution in [0.2, 0.25) is 0 Å². The molecule has 0 aliphatic rings. The largest absolute Gasteiger partial charge is 0.444 e. The zero-order chi connectivity index (χ0) is 15.8. The minimum Gasteiger partial charge on any atom is -0.444 e. The first-order chi connectivity index (χ1) is 9.11. The van der Waals surface area contributed by atoms with E-state index >= 15 is 0 Å². The second kappa shape index (κ2) is 8.55. The maximum Gasteiger partial charge on any atom is 0.407 e. The van der Waals surface area contributed by atoms with Crippen molar-refractivity contribution in [2.75, 3.05) is 6.54 Å². The molecule has 1 atom stereocenters. The fourth-order valence-electron chi connectivity index (χ4n) is 1.60. The number of hydrogen-bond donors (Lipinski definition) is 2. The SMILES string of the molecule is CC(=O)N[C@@H](CCCCNC(=O)OC(C)(C)C)C(C)=O. The van der Waals surface area contributed by atoms with Gasteiger partial charge in [0.15, 0.2) is 5.78 Å². The van der Waals surface area contributed by atoms with E-state index in [4.69, 9.17) is 4.74 Å². The van der Waals surface area contributed by atoms with Crippen LogP contribution >= 0.6 is 0 Å². The summed E-state index contributed by atoms with van der Waals surface area (Å²) >= 11 is 0. The van der Waals surface area contributed by atoms with Crippen molar-refractivity contribution in [3.05, 3.63) is 0 Å². The van der Waals surface area contributed by atoms with Gasteiger partial charge in [-0.15, -0.1) is 0 Å². The van der Waals surface area contributed by atoms with Crippen LogP contribution in [0.1, 0.15) is 53.9 Å². The van der Waals surface area contributed by atoms with Gasteiger partial charge < -0.3 is 15.4 Å². The lowest BCUT2D eigenvalue weighted by atomic mass is 10.1. The quantitative estimate of drug-likeness (QED) is 0.699. The first-order valence-corrected chi connectivity index (χ1v) is 6.86. The lowest BCUT2D eigenvalue weighted by Crippen LogP contribution is -2.38. The van der Waals surface area contributed by atoms with Crippen LogP contribution in [-0.2, 0) is 14.3 Å². The van der Waals surface area contributed by atoms with Crippen LogP contribution in [0.3, 0.4) is 0 Å². The fraction of sp³-hybridized carbons (Fsp3) is 0.786. The summed E-state index contributed by atoms with van der Waals surface area (Å²) in [5.74, 6) is -0.266. The van der Waals surface area contributed by atoms with Gasteiger partial charge in [0.25, 0.3) is 0 Å². The molecule has 0 aromatic carbocycles. The monoisotopic (exact) mass is 286 g/mol. The third-order valence-corrected chi connectivity index (χ3v) is 2.46. The molecule has 0 aromatic heterocycles. The van der Waals surface area contributed by atoms with Gasteiger partial charge in [0.05, 0.1) is 6.04 Å². The fourth-order valence-corrected chi connectivity index (χ4v) is 1.60. The Bertz CT molecular complexity index is 348. The molecular weight excluding hydrogens is 260 g/mol. The van der Waals surface area contributed by atoms with Gasteiger partial charge >= 0.3 is 6.09 Å². The van der Waals surface area contributed by atoms with E-state index in [0.717, 1.165) is 12.8 Å². The van der Waals surface area contributed by atoms with Crippen molar-refractivity contribution in [2.45, 2.75) is 65.5 Å². The number of amides is 2. The second-order valence-electron chi connectivity index (χ2n) is 5.79. The lowest BCUT2D eigenvalue weighted by molar-refractivity contribution is -0.125. The van der Waals surface area contributed by atoms with Crippen molar-refractivity contribution in [3.63, 3.8) is 0 Å². The zero-order valence-electron chi connectivity index (χ0n) is 13.0. The minimum atomic E-state index is -0.505. The normalized spacial score (nSPS) is 12.4. The summed E-state index contributed by atoms with van der Waals surface area (Å²) in [4.78, 5) is 33.6. The molecule has 0 fully saturated rings. The van der Waals surface area contributed by atoms with E-state index in [0.29, 0.717) is 13.0 Å². The van der Waals surface area contributed by atoms with Crippen molar-refractivity contribution in [3.8, 4) is 0 Å². The highest BCUT2D eigenvalue weighted by Crippen LogP contribution is 2.06. The third kappa shape index (κ3) is 10.3. The van der Waals surface area contributed by atoms with Crippen LogP contribution in [0.25, 0.3) is 0 Å². The molecule has 0 radical (unpaired) electrons. The highest BCUT2D eigenvalue weighted by molar-refractivity contribution is 5.86. The summed E-state index contributed by atoms with van der Waals surface area (Å²) in [5.41, 5.74) is -0.505. The Labute approximate surface area is 120 Å². The highest BCUT2D eigenvalue weighted by atomic mass is 16.6. The predicted molar refractivity (Wildman–Crippen MR) is 76.4 cm³/mol. The molecule has 0 saturated carbocycles. The first kappa shape index (κ1) is 18.4. The number of ether oxygens (including phenoxy) is 1. The Kier molecular flexibility index (Phi) is 7.87. The summed E-state index contributed by atoms with van der Waals surface area (Å²) in [6.45, 7) is 8.74. The van der Waals surface area contributed by atoms with Gasteiger partial charge in [0.1, 0.15) is 5.60 Å². The minimum absolute atomic E-state index is 0.0553. The maximum absolute atomic E-state index is 11.4. The molecule has 20 heavy (non-hydrogen) atoms. The molecule has 116 valence electrons. The predicted octanol–water partition coefficient (Wildman–Crippen LogP) is 1.78. The van der Waals surface area contributed by atoms with Gasteiger partial charge in [0.2, 0.25) is 5.91 Å². The van der Waals surface area contributed by atoms with Crippen LogP contribution in [0.4, 0.5) is 4.79 Å². The van der Waals surface area contributed by atoms with Gasteiger partial charge in [-0.3, -0.25) is 9.59 Å². The van der Waals surface area contributed by atoms with E-state index in [9.17, 15) is 14.4 Å². The van der Waals surface area contributed by atoms with Gasteiger partial charge in [-0.2, -0.15) is 0 Å². The van der Waals surface area contributed by atoms with Gasteiger partial charge in [-0.25, -0.2) is 4.79 Å². The molecule has 0 aliphatic heterocycles. The molecule has 0 bridgehead atoms. The standard InChI is InChI=1S/C14H26N2O4/c1-10(17)12(16-11(2)18)8-6-7-9-15-13(19)20-14(3,4)5/h12H,6-9H2,1-5H3,(H,15,19)(H,16,18)/t12-/m0/s1. The maximum atomic E-state index is 11.4. The summed E-state index contributed by atoms with van der Waals surface area (Å²) in [6, 6.07) is -0.436. The van der Waals surface area contributed by atoms with Crippen LogP contribution in [0.15, 0.2) is 0 Å². The molecule has 0 aliphatic carbocycles. The first-order valence-electron chi connectivity index (χ1n) is 6.86. The zero-order valence-corrected chi connectivity index (χ0v) is 13.0. The Morgan fingerprint density at radius 2 is 1.70 bits per heavy atom. The van der Waals surface area contributed by atoms with E-state index in [2.05, 4.69) is 10.6 Å². The summed E-state index contributed by atoms with van der Waals surface area (Å²) in [5, 5.41) is 5.26. The van der Waals surface area contributed by atoms with Crippen molar-refractivity contribution in [2.24, 2.45) is 0 Å². The molecule has 0 aromatic rings. The molecular formula is C14H26N2O4. The Morgan fingerprint density at radius 3 is 2.15 bits per heavy atom. The number of carbonyl (C=O) groups is 3. The Balaban J connectivity index is 3.82. The Morgan fingerprint density at radius 1 is 1.10 bits per heavy atom. The molecule has 0 rings (SSSR count). The van der Waals surface area contributed by atoms with E-state index < -0.39 is 17.7 Å². The van der Waals surface area contributed by atoms with Crippen molar-refractivity contribution < 1.29 is 19.1 Å².